The summed E-state index contributed by atoms with van der Waals surface area (Å²) in [6.45, 7) is 1.97. The van der Waals surface area contributed by atoms with Gasteiger partial charge in [-0.15, -0.1) is 0 Å². The van der Waals surface area contributed by atoms with Crippen molar-refractivity contribution in [2.75, 3.05) is 13.1 Å². The van der Waals surface area contributed by atoms with Gasteiger partial charge in [-0.2, -0.15) is 0 Å². The molecule has 1 fully saturated rings. The molecular weight excluding hydrogens is 487 g/mol. The highest BCUT2D eigenvalue weighted by molar-refractivity contribution is 6.31. The molecule has 2 aliphatic rings. The Morgan fingerprint density at radius 1 is 1.08 bits per heavy atom. The summed E-state index contributed by atoms with van der Waals surface area (Å²) in [7, 11) is 0. The highest BCUT2D eigenvalue weighted by Crippen LogP contribution is 2.43. The second-order valence-electron chi connectivity index (χ2n) is 9.74. The number of primary amides is 1. The number of fused-ring (bicyclic) bond motifs is 1. The van der Waals surface area contributed by atoms with Crippen molar-refractivity contribution < 1.29 is 9.18 Å². The van der Waals surface area contributed by atoms with Crippen molar-refractivity contribution in [3.05, 3.63) is 107 Å². The molecule has 4 heterocycles. The third-order valence-corrected chi connectivity index (χ3v) is 7.87. The van der Waals surface area contributed by atoms with Crippen LogP contribution in [0, 0.1) is 5.82 Å². The minimum atomic E-state index is -0.433. The minimum Gasteiger partial charge on any atom is -0.366 e. The number of hydrogen-bond acceptors (Lipinski definition) is 3. The van der Waals surface area contributed by atoms with Gasteiger partial charge in [0.25, 0.3) is 0 Å². The molecule has 4 aromatic rings. The number of benzene rings is 2. The van der Waals surface area contributed by atoms with Crippen LogP contribution in [-0.2, 0) is 0 Å². The van der Waals surface area contributed by atoms with Crippen molar-refractivity contribution in [1.82, 2.24) is 14.9 Å². The van der Waals surface area contributed by atoms with Gasteiger partial charge in [-0.1, -0.05) is 29.8 Å². The van der Waals surface area contributed by atoms with Gasteiger partial charge in [0, 0.05) is 60.0 Å². The number of aromatic nitrogens is 2. The van der Waals surface area contributed by atoms with Crippen molar-refractivity contribution in [2.24, 2.45) is 5.73 Å². The standard InChI is InChI=1S/C30H26ClFN4O/c31-26-15-22(5-6-27(26)32)29-28(19-7-10-34-11-8-19)25(16-35-29)21-9-12-36-17-23(14-24(36)13-21)18-1-3-20(4-2-18)30(33)37/h1-8,10-11,13,15-16,23-24,35H,9,12,14,17H2,(H2,33,37)/t23-,24-/m1/s1. The number of carbonyl (C=O) groups is 1. The van der Waals surface area contributed by atoms with E-state index in [1.165, 1.54) is 17.2 Å². The summed E-state index contributed by atoms with van der Waals surface area (Å²) in [5.74, 6) is -0.426. The zero-order valence-electron chi connectivity index (χ0n) is 20.1. The molecular formula is C30H26ClFN4O. The van der Waals surface area contributed by atoms with Crippen molar-refractivity contribution >= 4 is 23.1 Å². The lowest BCUT2D eigenvalue weighted by Crippen LogP contribution is -2.32. The van der Waals surface area contributed by atoms with E-state index in [4.69, 9.17) is 17.3 Å². The number of carbonyl (C=O) groups excluding carboxylic acids is 1. The van der Waals surface area contributed by atoms with E-state index in [1.807, 2.05) is 36.4 Å². The average Bonchev–Trinajstić information content (AvgIpc) is 3.55. The molecule has 3 N–H and O–H groups in total. The van der Waals surface area contributed by atoms with E-state index >= 15 is 0 Å². The van der Waals surface area contributed by atoms with Crippen molar-refractivity contribution in [3.8, 4) is 22.4 Å². The van der Waals surface area contributed by atoms with Gasteiger partial charge >= 0.3 is 0 Å². The number of pyridine rings is 1. The fraction of sp³-hybridized carbons (Fsp3) is 0.200. The molecule has 0 saturated carbocycles. The van der Waals surface area contributed by atoms with Crippen molar-refractivity contribution in [3.63, 3.8) is 0 Å². The predicted octanol–water partition coefficient (Wildman–Crippen LogP) is 6.28. The number of amides is 1. The van der Waals surface area contributed by atoms with Gasteiger partial charge in [0.1, 0.15) is 5.82 Å². The topological polar surface area (TPSA) is 75.0 Å². The molecule has 7 heteroatoms. The van der Waals surface area contributed by atoms with E-state index < -0.39 is 11.7 Å². The molecule has 2 aromatic heterocycles. The van der Waals surface area contributed by atoms with Gasteiger partial charge in [-0.3, -0.25) is 14.7 Å². The number of aromatic amines is 1. The number of rotatable bonds is 5. The van der Waals surface area contributed by atoms with E-state index in [1.54, 1.807) is 24.5 Å². The van der Waals surface area contributed by atoms with Gasteiger partial charge < -0.3 is 10.7 Å². The fourth-order valence-corrected chi connectivity index (χ4v) is 5.88. The summed E-state index contributed by atoms with van der Waals surface area (Å²) in [6.07, 6.45) is 9.98. The summed E-state index contributed by atoms with van der Waals surface area (Å²) in [6, 6.07) is 16.9. The van der Waals surface area contributed by atoms with Crippen LogP contribution < -0.4 is 5.73 Å². The lowest BCUT2D eigenvalue weighted by Gasteiger charge is -2.28. The van der Waals surface area contributed by atoms with E-state index in [-0.39, 0.29) is 5.02 Å². The summed E-state index contributed by atoms with van der Waals surface area (Å²) < 4.78 is 13.9. The van der Waals surface area contributed by atoms with Crippen molar-refractivity contribution in [1.29, 1.82) is 0 Å². The molecule has 0 unspecified atom stereocenters. The summed E-state index contributed by atoms with van der Waals surface area (Å²) in [5.41, 5.74) is 13.5. The minimum absolute atomic E-state index is 0.0997. The Bertz CT molecular complexity index is 1500. The number of halogens is 2. The molecule has 2 aromatic carbocycles. The fourth-order valence-electron chi connectivity index (χ4n) is 5.70. The first-order valence-corrected chi connectivity index (χ1v) is 12.8. The summed E-state index contributed by atoms with van der Waals surface area (Å²) >= 11 is 6.13. The summed E-state index contributed by atoms with van der Waals surface area (Å²) in [4.78, 5) is 21.6. The molecule has 0 aliphatic carbocycles. The lowest BCUT2D eigenvalue weighted by molar-refractivity contribution is 0.1000. The SMILES string of the molecule is NC(=O)c1ccc([C@@H]2C[C@H]3C=C(c4c[nH]c(-c5ccc(F)c(Cl)c5)c4-c4ccncc4)CCN3C2)cc1. The Morgan fingerprint density at radius 2 is 1.86 bits per heavy atom. The van der Waals surface area contributed by atoms with Crippen LogP contribution >= 0.6 is 11.6 Å². The van der Waals surface area contributed by atoms with Crippen molar-refractivity contribution in [2.45, 2.75) is 24.8 Å². The first-order valence-electron chi connectivity index (χ1n) is 12.4. The molecule has 37 heavy (non-hydrogen) atoms. The van der Waals surface area contributed by atoms with Gasteiger partial charge in [0.2, 0.25) is 5.91 Å². The third-order valence-electron chi connectivity index (χ3n) is 7.58. The Balaban J connectivity index is 1.34. The second kappa shape index (κ2) is 9.61. The molecule has 6 rings (SSSR count). The van der Waals surface area contributed by atoms with Crippen LogP contribution in [0.15, 0.2) is 79.3 Å². The molecule has 186 valence electrons. The highest BCUT2D eigenvalue weighted by atomic mass is 35.5. The molecule has 0 spiro atoms. The molecule has 1 saturated heterocycles. The molecule has 0 bridgehead atoms. The Morgan fingerprint density at radius 3 is 2.59 bits per heavy atom. The molecule has 5 nitrogen and oxygen atoms in total. The zero-order valence-corrected chi connectivity index (χ0v) is 20.9. The van der Waals surface area contributed by atoms with Gasteiger partial charge in [0.15, 0.2) is 0 Å². The maximum absolute atomic E-state index is 13.9. The second-order valence-corrected chi connectivity index (χ2v) is 10.1. The van der Waals surface area contributed by atoms with E-state index in [0.717, 1.165) is 53.9 Å². The van der Waals surface area contributed by atoms with Crippen LogP contribution in [0.2, 0.25) is 5.02 Å². The van der Waals surface area contributed by atoms with E-state index in [0.29, 0.717) is 17.5 Å². The van der Waals surface area contributed by atoms with Crippen LogP contribution in [0.25, 0.3) is 28.0 Å². The Kier molecular flexibility index (Phi) is 6.14. The van der Waals surface area contributed by atoms with Crippen LogP contribution in [0.3, 0.4) is 0 Å². The first-order chi connectivity index (χ1) is 18.0. The van der Waals surface area contributed by atoms with Crippen LogP contribution in [-0.4, -0.2) is 39.9 Å². The number of nitrogens with two attached hydrogens (primary N) is 1. The number of hydrogen-bond donors (Lipinski definition) is 2. The smallest absolute Gasteiger partial charge is 0.248 e. The lowest BCUT2D eigenvalue weighted by atomic mass is 9.90. The van der Waals surface area contributed by atoms with Crippen LogP contribution in [0.5, 0.6) is 0 Å². The average molecular weight is 513 g/mol. The normalized spacial score (nSPS) is 19.5. The molecule has 2 aliphatic heterocycles. The number of H-pyrrole nitrogens is 1. The maximum Gasteiger partial charge on any atom is 0.248 e. The van der Waals surface area contributed by atoms with Gasteiger partial charge in [-0.25, -0.2) is 4.39 Å². The maximum atomic E-state index is 13.9. The predicted molar refractivity (Wildman–Crippen MR) is 145 cm³/mol. The largest absolute Gasteiger partial charge is 0.366 e. The van der Waals surface area contributed by atoms with Gasteiger partial charge in [-0.05, 0) is 77.9 Å². The van der Waals surface area contributed by atoms with E-state index in [2.05, 4.69) is 27.1 Å². The zero-order chi connectivity index (χ0) is 25.5. The Labute approximate surface area is 219 Å². The first kappa shape index (κ1) is 23.6. The summed E-state index contributed by atoms with van der Waals surface area (Å²) in [5, 5.41) is 0.0997. The van der Waals surface area contributed by atoms with Crippen LogP contribution in [0.1, 0.15) is 40.2 Å². The monoisotopic (exact) mass is 512 g/mol. The van der Waals surface area contributed by atoms with Gasteiger partial charge in [0.05, 0.1) is 10.7 Å². The third kappa shape index (κ3) is 4.47. The quantitative estimate of drug-likeness (QED) is 0.330. The number of nitrogens with zero attached hydrogens (tertiary/aromatic N) is 2. The van der Waals surface area contributed by atoms with Crippen LogP contribution in [0.4, 0.5) is 4.39 Å². The highest BCUT2D eigenvalue weighted by Gasteiger charge is 2.34. The number of nitrogens with one attached hydrogen (secondary N) is 1. The molecule has 2 atom stereocenters. The Hall–Kier alpha value is -3.74. The molecule has 1 amide bonds. The molecule has 0 radical (unpaired) electrons. The van der Waals surface area contributed by atoms with E-state index in [9.17, 15) is 9.18 Å².